The number of nitrogens with one attached hydrogen (secondary N) is 1. The molecule has 8 heteroatoms. The summed E-state index contributed by atoms with van der Waals surface area (Å²) in [6.07, 6.45) is 1.49. The largest absolute Gasteiger partial charge is 0.497 e. The van der Waals surface area contributed by atoms with Crippen LogP contribution in [0.3, 0.4) is 0 Å². The average molecular weight is 401 g/mol. The van der Waals surface area contributed by atoms with Crippen molar-refractivity contribution >= 4 is 28.7 Å². The van der Waals surface area contributed by atoms with E-state index < -0.39 is 0 Å². The molecule has 0 amide bonds. The second-order valence-electron chi connectivity index (χ2n) is 7.95. The summed E-state index contributed by atoms with van der Waals surface area (Å²) in [5.74, 6) is 1.22. The molecule has 150 valence electrons. The maximum atomic E-state index is 6.05. The molecule has 2 aromatic heterocycles. The third-order valence-electron chi connectivity index (χ3n) is 4.29. The van der Waals surface area contributed by atoms with Crippen LogP contribution in [0, 0.1) is 12.3 Å². The first-order chi connectivity index (χ1) is 13.3. The van der Waals surface area contributed by atoms with Crippen LogP contribution in [0.1, 0.15) is 26.3 Å². The fraction of sp³-hybridized carbons (Fsp3) is 0.450. The lowest BCUT2D eigenvalue weighted by atomic mass is 9.97. The Balaban J connectivity index is 1.91. The van der Waals surface area contributed by atoms with Crippen molar-refractivity contribution in [3.8, 4) is 5.75 Å². The summed E-state index contributed by atoms with van der Waals surface area (Å²) >= 11 is 1.59. The zero-order valence-electron chi connectivity index (χ0n) is 17.1. The summed E-state index contributed by atoms with van der Waals surface area (Å²) in [5, 5.41) is 4.35. The fourth-order valence-electron chi connectivity index (χ4n) is 2.78. The van der Waals surface area contributed by atoms with Gasteiger partial charge in [0, 0.05) is 24.5 Å². The summed E-state index contributed by atoms with van der Waals surface area (Å²) < 4.78 is 7.48. The van der Waals surface area contributed by atoms with E-state index in [1.165, 1.54) is 6.33 Å². The molecular formula is C20H28N6OS. The first-order valence-electron chi connectivity index (χ1n) is 9.28. The summed E-state index contributed by atoms with van der Waals surface area (Å²) in [4.78, 5) is 14.3. The molecule has 0 saturated carbocycles. The molecule has 0 spiro atoms. The molecule has 1 aromatic carbocycles. The Kier molecular flexibility index (Phi) is 6.10. The van der Waals surface area contributed by atoms with Crippen molar-refractivity contribution in [1.29, 1.82) is 0 Å². The fourth-order valence-corrected chi connectivity index (χ4v) is 3.81. The SMILES string of the molecule is COc1ccc(C)c(Sc2nc3c(N)ncnc3n2CCNCC(C)(C)C)c1. The predicted molar refractivity (Wildman–Crippen MR) is 114 cm³/mol. The van der Waals surface area contributed by atoms with Gasteiger partial charge in [0.2, 0.25) is 0 Å². The number of imidazole rings is 1. The summed E-state index contributed by atoms with van der Waals surface area (Å²) in [5.41, 5.74) is 8.84. The number of aromatic nitrogens is 4. The second kappa shape index (κ2) is 8.36. The van der Waals surface area contributed by atoms with Gasteiger partial charge in [-0.05, 0) is 30.0 Å². The van der Waals surface area contributed by atoms with E-state index in [-0.39, 0.29) is 5.41 Å². The first kappa shape index (κ1) is 20.4. The van der Waals surface area contributed by atoms with E-state index in [4.69, 9.17) is 15.5 Å². The topological polar surface area (TPSA) is 90.9 Å². The van der Waals surface area contributed by atoms with Crippen LogP contribution >= 0.6 is 11.8 Å². The van der Waals surface area contributed by atoms with E-state index in [9.17, 15) is 0 Å². The highest BCUT2D eigenvalue weighted by atomic mass is 32.2. The summed E-state index contributed by atoms with van der Waals surface area (Å²) in [7, 11) is 1.67. The number of hydrogen-bond acceptors (Lipinski definition) is 7. The van der Waals surface area contributed by atoms with Crippen LogP contribution in [0.4, 0.5) is 5.82 Å². The van der Waals surface area contributed by atoms with Crippen molar-refractivity contribution in [2.75, 3.05) is 25.9 Å². The first-order valence-corrected chi connectivity index (χ1v) is 10.1. The molecule has 0 bridgehead atoms. The Labute approximate surface area is 170 Å². The van der Waals surface area contributed by atoms with E-state index in [2.05, 4.69) is 47.5 Å². The van der Waals surface area contributed by atoms with Gasteiger partial charge in [0.15, 0.2) is 22.1 Å². The number of aryl methyl sites for hydroxylation is 1. The minimum atomic E-state index is 0.235. The number of nitrogens with two attached hydrogens (primary N) is 1. The number of hydrogen-bond donors (Lipinski definition) is 2. The Morgan fingerprint density at radius 3 is 2.75 bits per heavy atom. The number of fused-ring (bicyclic) bond motifs is 1. The van der Waals surface area contributed by atoms with Crippen LogP contribution in [0.2, 0.25) is 0 Å². The normalized spacial score (nSPS) is 11.9. The zero-order chi connectivity index (χ0) is 20.3. The van der Waals surface area contributed by atoms with Crippen molar-refractivity contribution in [2.45, 2.75) is 44.3 Å². The lowest BCUT2D eigenvalue weighted by Gasteiger charge is -2.19. The van der Waals surface area contributed by atoms with Gasteiger partial charge in [0.25, 0.3) is 0 Å². The zero-order valence-corrected chi connectivity index (χ0v) is 17.9. The molecule has 2 heterocycles. The minimum absolute atomic E-state index is 0.235. The third-order valence-corrected chi connectivity index (χ3v) is 5.44. The van der Waals surface area contributed by atoms with Crippen molar-refractivity contribution < 1.29 is 4.74 Å². The quantitative estimate of drug-likeness (QED) is 0.586. The standard InChI is InChI=1S/C20H28N6OS/c1-13-6-7-14(27-5)10-15(13)28-19-25-16-17(21)23-12-24-18(16)26(19)9-8-22-11-20(2,3)4/h6-7,10,12,22H,8-9,11H2,1-5H3,(H2,21,23,24). The van der Waals surface area contributed by atoms with Crippen molar-refractivity contribution in [1.82, 2.24) is 24.8 Å². The van der Waals surface area contributed by atoms with Crippen LogP contribution < -0.4 is 15.8 Å². The maximum Gasteiger partial charge on any atom is 0.175 e. The highest BCUT2D eigenvalue weighted by molar-refractivity contribution is 7.99. The monoisotopic (exact) mass is 400 g/mol. The van der Waals surface area contributed by atoms with Gasteiger partial charge in [-0.15, -0.1) is 0 Å². The second-order valence-corrected chi connectivity index (χ2v) is 8.96. The maximum absolute atomic E-state index is 6.05. The van der Waals surface area contributed by atoms with Gasteiger partial charge in [-0.25, -0.2) is 15.0 Å². The van der Waals surface area contributed by atoms with Crippen LogP contribution in [-0.2, 0) is 6.54 Å². The van der Waals surface area contributed by atoms with Crippen molar-refractivity contribution in [2.24, 2.45) is 5.41 Å². The molecule has 0 saturated heterocycles. The van der Waals surface area contributed by atoms with Crippen LogP contribution in [-0.4, -0.2) is 39.7 Å². The highest BCUT2D eigenvalue weighted by Crippen LogP contribution is 2.34. The highest BCUT2D eigenvalue weighted by Gasteiger charge is 2.17. The van der Waals surface area contributed by atoms with Crippen LogP contribution in [0.5, 0.6) is 5.75 Å². The number of rotatable bonds is 7. The molecule has 0 fully saturated rings. The van der Waals surface area contributed by atoms with Gasteiger partial charge in [0.05, 0.1) is 7.11 Å². The van der Waals surface area contributed by atoms with Gasteiger partial charge >= 0.3 is 0 Å². The third kappa shape index (κ3) is 4.74. The van der Waals surface area contributed by atoms with Crippen LogP contribution in [0.25, 0.3) is 11.2 Å². The Hall–Kier alpha value is -2.32. The van der Waals surface area contributed by atoms with Gasteiger partial charge in [-0.2, -0.15) is 0 Å². The molecule has 0 atom stereocenters. The van der Waals surface area contributed by atoms with E-state index in [0.29, 0.717) is 11.3 Å². The number of anilines is 1. The van der Waals surface area contributed by atoms with Crippen molar-refractivity contribution in [3.05, 3.63) is 30.1 Å². The number of ether oxygens (including phenoxy) is 1. The summed E-state index contributed by atoms with van der Waals surface area (Å²) in [6.45, 7) is 11.2. The Bertz CT molecular complexity index is 963. The van der Waals surface area contributed by atoms with Gasteiger partial charge in [0.1, 0.15) is 12.1 Å². The number of methoxy groups -OCH3 is 1. The molecule has 3 rings (SSSR count). The van der Waals surface area contributed by atoms with Crippen LogP contribution in [0.15, 0.2) is 34.6 Å². The predicted octanol–water partition coefficient (Wildman–Crippen LogP) is 3.51. The smallest absolute Gasteiger partial charge is 0.175 e. The Morgan fingerprint density at radius 2 is 2.04 bits per heavy atom. The van der Waals surface area contributed by atoms with Gasteiger partial charge < -0.3 is 20.4 Å². The van der Waals surface area contributed by atoms with E-state index >= 15 is 0 Å². The van der Waals surface area contributed by atoms with E-state index in [0.717, 1.165) is 46.6 Å². The summed E-state index contributed by atoms with van der Waals surface area (Å²) in [6, 6.07) is 6.03. The Morgan fingerprint density at radius 1 is 1.25 bits per heavy atom. The molecule has 0 aliphatic heterocycles. The number of nitrogens with zero attached hydrogens (tertiary/aromatic N) is 4. The lowest BCUT2D eigenvalue weighted by Crippen LogP contribution is -2.29. The van der Waals surface area contributed by atoms with E-state index in [1.807, 2.05) is 18.2 Å². The molecule has 0 unspecified atom stereocenters. The molecular weight excluding hydrogens is 372 g/mol. The minimum Gasteiger partial charge on any atom is -0.497 e. The molecule has 28 heavy (non-hydrogen) atoms. The van der Waals surface area contributed by atoms with E-state index in [1.54, 1.807) is 18.9 Å². The molecule has 3 N–H and O–H groups in total. The molecule has 7 nitrogen and oxygen atoms in total. The van der Waals surface area contributed by atoms with Gasteiger partial charge in [-0.3, -0.25) is 0 Å². The molecule has 0 radical (unpaired) electrons. The van der Waals surface area contributed by atoms with Crippen molar-refractivity contribution in [3.63, 3.8) is 0 Å². The number of nitrogen functional groups attached to an aromatic ring is 1. The molecule has 0 aliphatic carbocycles. The van der Waals surface area contributed by atoms with Gasteiger partial charge in [-0.1, -0.05) is 38.6 Å². The average Bonchev–Trinajstić information content (AvgIpc) is 2.98. The molecule has 3 aromatic rings. The molecule has 0 aliphatic rings. The lowest BCUT2D eigenvalue weighted by molar-refractivity contribution is 0.375. The number of benzene rings is 1.